The minimum Gasteiger partial charge on any atom is -0.345 e. The smallest absolute Gasteiger partial charge is 0.253 e. The van der Waals surface area contributed by atoms with Crippen LogP contribution in [-0.2, 0) is 9.59 Å². The maximum absolute atomic E-state index is 12.1. The first-order valence-corrected chi connectivity index (χ1v) is 8.92. The van der Waals surface area contributed by atoms with Crippen LogP contribution in [0.1, 0.15) is 37.0 Å². The van der Waals surface area contributed by atoms with Gasteiger partial charge in [-0.2, -0.15) is 0 Å². The average molecular weight is 388 g/mol. The van der Waals surface area contributed by atoms with Crippen LogP contribution >= 0.6 is 23.2 Å². The lowest BCUT2D eigenvalue weighted by molar-refractivity contribution is -0.132. The van der Waals surface area contributed by atoms with Gasteiger partial charge >= 0.3 is 0 Å². The summed E-state index contributed by atoms with van der Waals surface area (Å²) in [7, 11) is 0. The zero-order valence-electron chi connectivity index (χ0n) is 14.4. The molecule has 25 heavy (non-hydrogen) atoms. The van der Waals surface area contributed by atoms with Gasteiger partial charge in [-0.1, -0.05) is 37.0 Å². The molecule has 0 heterocycles. The van der Waals surface area contributed by atoms with Crippen LogP contribution in [0.25, 0.3) is 0 Å². The molecule has 138 valence electrons. The van der Waals surface area contributed by atoms with Crippen molar-refractivity contribution in [2.75, 3.05) is 26.2 Å². The third kappa shape index (κ3) is 7.32. The Bertz CT molecular complexity index is 617. The lowest BCUT2D eigenvalue weighted by atomic mass is 10.2. The summed E-state index contributed by atoms with van der Waals surface area (Å²) in [6.07, 6.45) is 1.72. The first-order chi connectivity index (χ1) is 11.9. The van der Waals surface area contributed by atoms with Gasteiger partial charge in [-0.15, -0.1) is 0 Å². The Morgan fingerprint density at radius 3 is 2.20 bits per heavy atom. The zero-order chi connectivity index (χ0) is 18.8. The van der Waals surface area contributed by atoms with Gasteiger partial charge in [-0.3, -0.25) is 14.4 Å². The molecule has 0 saturated carbocycles. The van der Waals surface area contributed by atoms with E-state index >= 15 is 0 Å². The highest BCUT2D eigenvalue weighted by Crippen LogP contribution is 2.20. The Balaban J connectivity index is 2.44. The van der Waals surface area contributed by atoms with Gasteiger partial charge in [0.25, 0.3) is 5.91 Å². The van der Waals surface area contributed by atoms with Crippen molar-refractivity contribution in [1.29, 1.82) is 0 Å². The van der Waals surface area contributed by atoms with Gasteiger partial charge in [0, 0.05) is 18.1 Å². The fraction of sp³-hybridized carbons (Fsp3) is 0.471. The normalized spacial score (nSPS) is 10.2. The highest BCUT2D eigenvalue weighted by molar-refractivity contribution is 6.36. The molecule has 1 aromatic carbocycles. The SMILES string of the molecule is CCCN(CCC)C(=O)CNC(=O)CNC(=O)c1ccc(Cl)cc1Cl. The molecule has 0 saturated heterocycles. The molecule has 0 aliphatic heterocycles. The number of carbonyl (C=O) groups is 3. The number of halogens is 2. The van der Waals surface area contributed by atoms with Crippen LogP contribution < -0.4 is 10.6 Å². The number of rotatable bonds is 9. The van der Waals surface area contributed by atoms with Crippen molar-refractivity contribution < 1.29 is 14.4 Å². The summed E-state index contributed by atoms with van der Waals surface area (Å²) in [4.78, 5) is 37.6. The summed E-state index contributed by atoms with van der Waals surface area (Å²) in [5.41, 5.74) is 0.229. The van der Waals surface area contributed by atoms with E-state index in [4.69, 9.17) is 23.2 Å². The minimum absolute atomic E-state index is 0.0869. The third-order valence-electron chi connectivity index (χ3n) is 3.36. The molecule has 0 aliphatic rings. The van der Waals surface area contributed by atoms with Crippen molar-refractivity contribution in [3.63, 3.8) is 0 Å². The van der Waals surface area contributed by atoms with Crippen LogP contribution in [0.15, 0.2) is 18.2 Å². The maximum Gasteiger partial charge on any atom is 0.253 e. The maximum atomic E-state index is 12.1. The molecule has 0 fully saturated rings. The molecule has 0 aromatic heterocycles. The largest absolute Gasteiger partial charge is 0.345 e. The number of hydrogen-bond donors (Lipinski definition) is 2. The van der Waals surface area contributed by atoms with Crippen molar-refractivity contribution in [2.45, 2.75) is 26.7 Å². The molecule has 6 nitrogen and oxygen atoms in total. The van der Waals surface area contributed by atoms with E-state index in [-0.39, 0.29) is 29.6 Å². The summed E-state index contributed by atoms with van der Waals surface area (Å²) in [6.45, 7) is 4.98. The molecule has 8 heteroatoms. The number of amides is 3. The van der Waals surface area contributed by atoms with Gasteiger partial charge in [0.2, 0.25) is 11.8 Å². The van der Waals surface area contributed by atoms with Gasteiger partial charge in [-0.25, -0.2) is 0 Å². The molecule has 1 aromatic rings. The molecule has 3 amide bonds. The minimum atomic E-state index is -0.485. The van der Waals surface area contributed by atoms with Crippen LogP contribution in [0.2, 0.25) is 10.0 Å². The molecule has 1 rings (SSSR count). The summed E-state index contributed by atoms with van der Waals surface area (Å²) >= 11 is 11.7. The Labute approximate surface area is 157 Å². The molecule has 0 aliphatic carbocycles. The topological polar surface area (TPSA) is 78.5 Å². The Morgan fingerprint density at radius 1 is 1.00 bits per heavy atom. The third-order valence-corrected chi connectivity index (χ3v) is 3.91. The first kappa shape index (κ1) is 21.3. The van der Waals surface area contributed by atoms with E-state index in [1.807, 2.05) is 13.8 Å². The van der Waals surface area contributed by atoms with E-state index in [0.29, 0.717) is 18.1 Å². The second-order valence-corrected chi connectivity index (χ2v) is 6.31. The molecule has 0 bridgehead atoms. The highest BCUT2D eigenvalue weighted by atomic mass is 35.5. The number of nitrogens with one attached hydrogen (secondary N) is 2. The Hall–Kier alpha value is -1.79. The van der Waals surface area contributed by atoms with E-state index in [0.717, 1.165) is 12.8 Å². The van der Waals surface area contributed by atoms with E-state index in [1.54, 1.807) is 4.90 Å². The van der Waals surface area contributed by atoms with E-state index in [2.05, 4.69) is 10.6 Å². The molecule has 0 atom stereocenters. The van der Waals surface area contributed by atoms with Crippen molar-refractivity contribution in [2.24, 2.45) is 0 Å². The van der Waals surface area contributed by atoms with Gasteiger partial charge in [0.05, 0.1) is 23.7 Å². The Kier molecular flexibility index (Phi) is 9.31. The Morgan fingerprint density at radius 2 is 1.64 bits per heavy atom. The molecule has 2 N–H and O–H groups in total. The zero-order valence-corrected chi connectivity index (χ0v) is 15.9. The summed E-state index contributed by atoms with van der Waals surface area (Å²) in [5, 5.41) is 5.59. The van der Waals surface area contributed by atoms with Crippen LogP contribution in [0.4, 0.5) is 0 Å². The van der Waals surface area contributed by atoms with Gasteiger partial charge < -0.3 is 15.5 Å². The van der Waals surface area contributed by atoms with E-state index in [9.17, 15) is 14.4 Å². The second kappa shape index (κ2) is 10.9. The molecule has 0 spiro atoms. The monoisotopic (exact) mass is 387 g/mol. The molecule has 0 unspecified atom stereocenters. The summed E-state index contributed by atoms with van der Waals surface area (Å²) in [6, 6.07) is 4.47. The van der Waals surface area contributed by atoms with Crippen molar-refractivity contribution in [1.82, 2.24) is 15.5 Å². The van der Waals surface area contributed by atoms with Crippen molar-refractivity contribution in [3.05, 3.63) is 33.8 Å². The highest BCUT2D eigenvalue weighted by Gasteiger charge is 2.15. The quantitative estimate of drug-likeness (QED) is 0.682. The molecular weight excluding hydrogens is 365 g/mol. The molecular formula is C17H23Cl2N3O3. The lowest BCUT2D eigenvalue weighted by Crippen LogP contribution is -2.44. The van der Waals surface area contributed by atoms with Crippen LogP contribution in [0.3, 0.4) is 0 Å². The standard InChI is InChI=1S/C17H23Cl2N3O3/c1-3-7-22(8-4-2)16(24)11-20-15(23)10-21-17(25)13-6-5-12(18)9-14(13)19/h5-6,9H,3-4,7-8,10-11H2,1-2H3,(H,20,23)(H,21,25). The number of hydrogen-bond acceptors (Lipinski definition) is 3. The number of nitrogens with zero attached hydrogens (tertiary/aromatic N) is 1. The van der Waals surface area contributed by atoms with Gasteiger partial charge in [0.15, 0.2) is 0 Å². The molecule has 0 radical (unpaired) electrons. The van der Waals surface area contributed by atoms with Crippen molar-refractivity contribution in [3.8, 4) is 0 Å². The van der Waals surface area contributed by atoms with E-state index < -0.39 is 11.8 Å². The predicted octanol–water partition coefficient (Wildman–Crippen LogP) is 2.49. The van der Waals surface area contributed by atoms with Crippen molar-refractivity contribution >= 4 is 40.9 Å². The predicted molar refractivity (Wildman–Crippen MR) is 99.0 cm³/mol. The fourth-order valence-corrected chi connectivity index (χ4v) is 2.67. The summed E-state index contributed by atoms with van der Waals surface area (Å²) in [5.74, 6) is -1.06. The van der Waals surface area contributed by atoms with Crippen LogP contribution in [0, 0.1) is 0 Å². The second-order valence-electron chi connectivity index (χ2n) is 5.46. The first-order valence-electron chi connectivity index (χ1n) is 8.16. The lowest BCUT2D eigenvalue weighted by Gasteiger charge is -2.21. The number of carbonyl (C=O) groups excluding carboxylic acids is 3. The fourth-order valence-electron chi connectivity index (χ4n) is 2.18. The van der Waals surface area contributed by atoms with E-state index in [1.165, 1.54) is 18.2 Å². The van der Waals surface area contributed by atoms with Gasteiger partial charge in [-0.05, 0) is 31.0 Å². The average Bonchev–Trinajstić information content (AvgIpc) is 2.57. The summed E-state index contributed by atoms with van der Waals surface area (Å²) < 4.78 is 0. The van der Waals surface area contributed by atoms with Gasteiger partial charge in [0.1, 0.15) is 0 Å². The van der Waals surface area contributed by atoms with Crippen LogP contribution in [0.5, 0.6) is 0 Å². The van der Waals surface area contributed by atoms with Crippen LogP contribution in [-0.4, -0.2) is 48.8 Å². The number of benzene rings is 1.